The van der Waals surface area contributed by atoms with Crippen LogP contribution in [-0.4, -0.2) is 25.0 Å². The summed E-state index contributed by atoms with van der Waals surface area (Å²) in [6.45, 7) is 2.00. The molecule has 1 aliphatic carbocycles. The molecule has 3 heteroatoms. The number of carbonyl (C=O) groups is 1. The third-order valence-corrected chi connectivity index (χ3v) is 3.37. The van der Waals surface area contributed by atoms with Crippen molar-refractivity contribution < 1.29 is 4.79 Å². The van der Waals surface area contributed by atoms with Crippen molar-refractivity contribution in [1.29, 1.82) is 0 Å². The lowest BCUT2D eigenvalue weighted by atomic mass is 10.0. The molecular weight excluding hydrogens is 176 g/mol. The van der Waals surface area contributed by atoms with Crippen molar-refractivity contribution >= 4 is 5.91 Å². The molecular formula is C11H20N2O. The highest BCUT2D eigenvalue weighted by atomic mass is 16.1. The summed E-state index contributed by atoms with van der Waals surface area (Å²) in [7, 11) is 0. The predicted molar refractivity (Wildman–Crippen MR) is 56.0 cm³/mol. The molecule has 1 heterocycles. The molecule has 1 aliphatic heterocycles. The van der Waals surface area contributed by atoms with Gasteiger partial charge in [-0.1, -0.05) is 12.8 Å². The zero-order chi connectivity index (χ0) is 9.80. The van der Waals surface area contributed by atoms with Gasteiger partial charge in [0.2, 0.25) is 5.91 Å². The molecule has 1 atom stereocenters. The number of rotatable bonds is 3. The zero-order valence-electron chi connectivity index (χ0n) is 8.72. The summed E-state index contributed by atoms with van der Waals surface area (Å²) in [5.74, 6) is 0.940. The van der Waals surface area contributed by atoms with E-state index in [1.807, 2.05) is 0 Å². The van der Waals surface area contributed by atoms with Crippen LogP contribution in [0.25, 0.3) is 0 Å². The Morgan fingerprint density at radius 3 is 2.71 bits per heavy atom. The summed E-state index contributed by atoms with van der Waals surface area (Å²) in [5, 5.41) is 6.36. The minimum Gasteiger partial charge on any atom is -0.352 e. The molecule has 2 rings (SSSR count). The van der Waals surface area contributed by atoms with E-state index < -0.39 is 0 Å². The van der Waals surface area contributed by atoms with Gasteiger partial charge in [-0.2, -0.15) is 0 Å². The Kier molecular flexibility index (Phi) is 3.40. The zero-order valence-corrected chi connectivity index (χ0v) is 8.72. The number of amides is 1. The summed E-state index contributed by atoms with van der Waals surface area (Å²) in [4.78, 5) is 11.6. The number of nitrogens with one attached hydrogen (secondary N) is 2. The normalized spacial score (nSPS) is 28.1. The molecule has 1 unspecified atom stereocenters. The highest BCUT2D eigenvalue weighted by molar-refractivity contribution is 5.76. The quantitative estimate of drug-likeness (QED) is 0.708. The van der Waals surface area contributed by atoms with Gasteiger partial charge in [0.05, 0.1) is 0 Å². The van der Waals surface area contributed by atoms with Crippen molar-refractivity contribution in [2.24, 2.45) is 5.92 Å². The molecule has 1 saturated heterocycles. The standard InChI is InChI=1S/C11H20N2O/c14-11(7-9-3-1-2-4-9)13-10-5-6-12-8-10/h9-10,12H,1-8H2,(H,13,14). The van der Waals surface area contributed by atoms with Gasteiger partial charge in [-0.05, 0) is 31.7 Å². The second-order valence-corrected chi connectivity index (χ2v) is 4.61. The molecule has 0 aromatic carbocycles. The first-order valence-corrected chi connectivity index (χ1v) is 5.84. The maximum atomic E-state index is 11.6. The van der Waals surface area contributed by atoms with Crippen LogP contribution in [-0.2, 0) is 4.79 Å². The third kappa shape index (κ3) is 2.71. The summed E-state index contributed by atoms with van der Waals surface area (Å²) in [6.07, 6.45) is 7.02. The average molecular weight is 196 g/mol. The number of carbonyl (C=O) groups excluding carboxylic acids is 1. The van der Waals surface area contributed by atoms with Gasteiger partial charge >= 0.3 is 0 Å². The van der Waals surface area contributed by atoms with Gasteiger partial charge in [-0.25, -0.2) is 0 Å². The van der Waals surface area contributed by atoms with Crippen LogP contribution in [0.2, 0.25) is 0 Å². The van der Waals surface area contributed by atoms with Crippen LogP contribution in [0.5, 0.6) is 0 Å². The number of hydrogen-bond acceptors (Lipinski definition) is 2. The van der Waals surface area contributed by atoms with Crippen LogP contribution in [0, 0.1) is 5.92 Å². The molecule has 2 aliphatic rings. The Balaban J connectivity index is 1.66. The van der Waals surface area contributed by atoms with Crippen LogP contribution in [0.1, 0.15) is 38.5 Å². The molecule has 1 amide bonds. The summed E-state index contributed by atoms with van der Waals surface area (Å²) in [6, 6.07) is 0.393. The highest BCUT2D eigenvalue weighted by Crippen LogP contribution is 2.27. The van der Waals surface area contributed by atoms with Crippen LogP contribution >= 0.6 is 0 Å². The summed E-state index contributed by atoms with van der Waals surface area (Å²) in [5.41, 5.74) is 0. The Morgan fingerprint density at radius 1 is 1.29 bits per heavy atom. The smallest absolute Gasteiger partial charge is 0.220 e. The van der Waals surface area contributed by atoms with Crippen LogP contribution < -0.4 is 10.6 Å². The average Bonchev–Trinajstić information content (AvgIpc) is 2.76. The molecule has 0 bridgehead atoms. The fourth-order valence-corrected chi connectivity index (χ4v) is 2.54. The second kappa shape index (κ2) is 4.78. The Labute approximate surface area is 85.6 Å². The first-order valence-electron chi connectivity index (χ1n) is 5.84. The van der Waals surface area contributed by atoms with Crippen LogP contribution in [0.3, 0.4) is 0 Å². The van der Waals surface area contributed by atoms with Crippen molar-refractivity contribution in [2.75, 3.05) is 13.1 Å². The molecule has 2 N–H and O–H groups in total. The Bertz CT molecular complexity index is 173. The van der Waals surface area contributed by atoms with Crippen molar-refractivity contribution in [2.45, 2.75) is 44.6 Å². The van der Waals surface area contributed by atoms with Crippen LogP contribution in [0.4, 0.5) is 0 Å². The Morgan fingerprint density at radius 2 is 2.07 bits per heavy atom. The first kappa shape index (κ1) is 9.97. The SMILES string of the molecule is O=C(CC1CCCC1)NC1CCNC1. The van der Waals surface area contributed by atoms with E-state index in [1.165, 1.54) is 25.7 Å². The number of hydrogen-bond donors (Lipinski definition) is 2. The second-order valence-electron chi connectivity index (χ2n) is 4.61. The largest absolute Gasteiger partial charge is 0.352 e. The van der Waals surface area contributed by atoms with E-state index in [1.54, 1.807) is 0 Å². The van der Waals surface area contributed by atoms with Gasteiger partial charge in [-0.3, -0.25) is 4.79 Å². The fourth-order valence-electron chi connectivity index (χ4n) is 2.54. The van der Waals surface area contributed by atoms with E-state index in [0.717, 1.165) is 25.9 Å². The lowest BCUT2D eigenvalue weighted by molar-refractivity contribution is -0.122. The van der Waals surface area contributed by atoms with Crippen molar-refractivity contribution in [3.63, 3.8) is 0 Å². The molecule has 14 heavy (non-hydrogen) atoms. The summed E-state index contributed by atoms with van der Waals surface area (Å²) < 4.78 is 0. The molecule has 3 nitrogen and oxygen atoms in total. The molecule has 80 valence electrons. The van der Waals surface area contributed by atoms with E-state index in [0.29, 0.717) is 12.0 Å². The van der Waals surface area contributed by atoms with Crippen LogP contribution in [0.15, 0.2) is 0 Å². The molecule has 0 aromatic heterocycles. The van der Waals surface area contributed by atoms with Gasteiger partial charge in [0.1, 0.15) is 0 Å². The lowest BCUT2D eigenvalue weighted by Crippen LogP contribution is -2.36. The maximum Gasteiger partial charge on any atom is 0.220 e. The molecule has 2 fully saturated rings. The monoisotopic (exact) mass is 196 g/mol. The lowest BCUT2D eigenvalue weighted by Gasteiger charge is -2.13. The van der Waals surface area contributed by atoms with E-state index in [9.17, 15) is 4.79 Å². The first-order chi connectivity index (χ1) is 6.84. The van der Waals surface area contributed by atoms with E-state index in [-0.39, 0.29) is 5.91 Å². The van der Waals surface area contributed by atoms with Gasteiger partial charge in [-0.15, -0.1) is 0 Å². The minimum atomic E-state index is 0.269. The van der Waals surface area contributed by atoms with Crippen molar-refractivity contribution in [1.82, 2.24) is 10.6 Å². The maximum absolute atomic E-state index is 11.6. The molecule has 0 aromatic rings. The van der Waals surface area contributed by atoms with Gasteiger partial charge in [0, 0.05) is 19.0 Å². The van der Waals surface area contributed by atoms with E-state index in [2.05, 4.69) is 10.6 Å². The van der Waals surface area contributed by atoms with Crippen molar-refractivity contribution in [3.05, 3.63) is 0 Å². The predicted octanol–water partition coefficient (Wildman–Crippen LogP) is 1.04. The molecule has 0 radical (unpaired) electrons. The van der Waals surface area contributed by atoms with E-state index in [4.69, 9.17) is 0 Å². The fraction of sp³-hybridized carbons (Fsp3) is 0.909. The molecule has 0 spiro atoms. The van der Waals surface area contributed by atoms with Gasteiger partial charge in [0.15, 0.2) is 0 Å². The third-order valence-electron chi connectivity index (χ3n) is 3.37. The molecule has 1 saturated carbocycles. The van der Waals surface area contributed by atoms with Gasteiger partial charge < -0.3 is 10.6 Å². The highest BCUT2D eigenvalue weighted by Gasteiger charge is 2.21. The van der Waals surface area contributed by atoms with Gasteiger partial charge in [0.25, 0.3) is 0 Å². The minimum absolute atomic E-state index is 0.269. The van der Waals surface area contributed by atoms with E-state index >= 15 is 0 Å². The summed E-state index contributed by atoms with van der Waals surface area (Å²) >= 11 is 0. The Hall–Kier alpha value is -0.570. The topological polar surface area (TPSA) is 41.1 Å². The van der Waals surface area contributed by atoms with Crippen molar-refractivity contribution in [3.8, 4) is 0 Å².